The molecule has 2 N–H and O–H groups in total. The number of rotatable bonds is 2. The minimum atomic E-state index is 0.271. The predicted octanol–water partition coefficient (Wildman–Crippen LogP) is 0.0454. The normalized spacial score (nSPS) is 32.8. The minimum Gasteiger partial charge on any atom is -0.329 e. The average Bonchev–Trinajstić information content (AvgIpc) is 2.31. The first kappa shape index (κ1) is 13.3. The van der Waals surface area contributed by atoms with Gasteiger partial charge in [0.1, 0.15) is 0 Å². The molecule has 1 atom stereocenters. The van der Waals surface area contributed by atoms with Crippen molar-refractivity contribution in [2.45, 2.75) is 31.3 Å². The number of piperidine rings is 1. The molecule has 17 heavy (non-hydrogen) atoms. The lowest BCUT2D eigenvalue weighted by atomic mass is 9.84. The Bertz CT molecular complexity index is 248. The zero-order valence-electron chi connectivity index (χ0n) is 11.7. The first-order chi connectivity index (χ1) is 8.07. The van der Waals surface area contributed by atoms with Crippen molar-refractivity contribution in [3.05, 3.63) is 0 Å². The van der Waals surface area contributed by atoms with Crippen LogP contribution in [0.15, 0.2) is 0 Å². The molecule has 2 aliphatic rings. The van der Waals surface area contributed by atoms with Crippen molar-refractivity contribution in [3.63, 3.8) is 0 Å². The molecule has 0 spiro atoms. The summed E-state index contributed by atoms with van der Waals surface area (Å²) >= 11 is 0. The summed E-state index contributed by atoms with van der Waals surface area (Å²) in [6.07, 6.45) is 2.46. The van der Waals surface area contributed by atoms with Crippen LogP contribution in [0.25, 0.3) is 0 Å². The van der Waals surface area contributed by atoms with Crippen LogP contribution >= 0.6 is 0 Å². The van der Waals surface area contributed by atoms with Crippen LogP contribution in [0.2, 0.25) is 0 Å². The molecule has 2 fully saturated rings. The summed E-state index contributed by atoms with van der Waals surface area (Å²) in [6.45, 7) is 9.09. The maximum Gasteiger partial charge on any atom is 0.0359 e. The Morgan fingerprint density at radius 3 is 2.24 bits per heavy atom. The molecule has 0 saturated carbocycles. The van der Waals surface area contributed by atoms with Crippen LogP contribution in [0.5, 0.6) is 0 Å². The Morgan fingerprint density at radius 2 is 1.71 bits per heavy atom. The number of nitrogens with zero attached hydrogens (tertiary/aromatic N) is 3. The zero-order valence-corrected chi connectivity index (χ0v) is 11.7. The van der Waals surface area contributed by atoms with Crippen LogP contribution in [0.1, 0.15) is 19.8 Å². The molecule has 4 heteroatoms. The molecule has 0 amide bonds. The smallest absolute Gasteiger partial charge is 0.0359 e. The zero-order chi connectivity index (χ0) is 12.5. The Labute approximate surface area is 106 Å². The predicted molar refractivity (Wildman–Crippen MR) is 72.2 cm³/mol. The van der Waals surface area contributed by atoms with Crippen molar-refractivity contribution < 1.29 is 0 Å². The lowest BCUT2D eigenvalue weighted by Gasteiger charge is -2.53. The molecule has 2 rings (SSSR count). The summed E-state index contributed by atoms with van der Waals surface area (Å²) in [5.74, 6) is 0. The van der Waals surface area contributed by atoms with Crippen molar-refractivity contribution in [2.75, 3.05) is 53.4 Å². The highest BCUT2D eigenvalue weighted by atomic mass is 15.3. The number of likely N-dealkylation sites (tertiary alicyclic amines) is 1. The minimum absolute atomic E-state index is 0.271. The molecule has 0 bridgehead atoms. The first-order valence-corrected chi connectivity index (χ1v) is 6.91. The molecule has 1 unspecified atom stereocenters. The number of hydrogen-bond donors (Lipinski definition) is 1. The fourth-order valence-electron chi connectivity index (χ4n) is 3.49. The molecular formula is C13H28N4. The summed E-state index contributed by atoms with van der Waals surface area (Å²) < 4.78 is 0. The maximum atomic E-state index is 6.14. The van der Waals surface area contributed by atoms with E-state index < -0.39 is 0 Å². The quantitative estimate of drug-likeness (QED) is 0.740. The summed E-state index contributed by atoms with van der Waals surface area (Å²) in [5, 5.41) is 0. The van der Waals surface area contributed by atoms with Crippen LogP contribution in [0, 0.1) is 0 Å². The Morgan fingerprint density at radius 1 is 1.06 bits per heavy atom. The summed E-state index contributed by atoms with van der Waals surface area (Å²) in [7, 11) is 4.44. The van der Waals surface area contributed by atoms with Gasteiger partial charge < -0.3 is 15.5 Å². The molecule has 4 nitrogen and oxygen atoms in total. The van der Waals surface area contributed by atoms with Gasteiger partial charge in [0.15, 0.2) is 0 Å². The van der Waals surface area contributed by atoms with E-state index in [2.05, 4.69) is 35.7 Å². The summed E-state index contributed by atoms with van der Waals surface area (Å²) in [4.78, 5) is 7.55. The molecule has 0 aromatic rings. The van der Waals surface area contributed by atoms with Crippen molar-refractivity contribution >= 4 is 0 Å². The highest BCUT2D eigenvalue weighted by Gasteiger charge is 2.41. The highest BCUT2D eigenvalue weighted by Crippen LogP contribution is 2.30. The van der Waals surface area contributed by atoms with Gasteiger partial charge in [0, 0.05) is 37.8 Å². The fraction of sp³-hybridized carbons (Fsp3) is 1.00. The molecule has 0 aromatic heterocycles. The SMILES string of the molecule is CC1CN(C)CCN1C1(CN)CCN(C)CC1. The third-order valence-corrected chi connectivity index (χ3v) is 4.74. The molecule has 2 saturated heterocycles. The summed E-state index contributed by atoms with van der Waals surface area (Å²) in [5.41, 5.74) is 6.41. The second kappa shape index (κ2) is 5.22. The van der Waals surface area contributed by atoms with E-state index >= 15 is 0 Å². The second-order valence-electron chi connectivity index (χ2n) is 6.04. The van der Waals surface area contributed by atoms with Crippen molar-refractivity contribution in [1.82, 2.24) is 14.7 Å². The van der Waals surface area contributed by atoms with Gasteiger partial charge in [-0.25, -0.2) is 0 Å². The van der Waals surface area contributed by atoms with Gasteiger partial charge >= 0.3 is 0 Å². The van der Waals surface area contributed by atoms with E-state index in [9.17, 15) is 0 Å². The summed E-state index contributed by atoms with van der Waals surface area (Å²) in [6, 6.07) is 0.640. The Balaban J connectivity index is 2.07. The van der Waals surface area contributed by atoms with Gasteiger partial charge in [-0.3, -0.25) is 4.90 Å². The van der Waals surface area contributed by atoms with Gasteiger partial charge in [0.2, 0.25) is 0 Å². The molecule has 0 aliphatic carbocycles. The molecule has 0 radical (unpaired) electrons. The largest absolute Gasteiger partial charge is 0.329 e. The Hall–Kier alpha value is -0.160. The lowest BCUT2D eigenvalue weighted by molar-refractivity contribution is -0.0284. The number of nitrogens with two attached hydrogens (primary N) is 1. The maximum absolute atomic E-state index is 6.14. The van der Waals surface area contributed by atoms with Crippen LogP contribution in [0.4, 0.5) is 0 Å². The van der Waals surface area contributed by atoms with Crippen LogP contribution in [0.3, 0.4) is 0 Å². The number of hydrogen-bond acceptors (Lipinski definition) is 4. The highest BCUT2D eigenvalue weighted by molar-refractivity contribution is 4.99. The van der Waals surface area contributed by atoms with Gasteiger partial charge in [0.25, 0.3) is 0 Å². The number of piperazine rings is 1. The third-order valence-electron chi connectivity index (χ3n) is 4.74. The van der Waals surface area contributed by atoms with Gasteiger partial charge in [-0.05, 0) is 47.0 Å². The molecule has 100 valence electrons. The average molecular weight is 240 g/mol. The molecule has 0 aromatic carbocycles. The lowest BCUT2D eigenvalue weighted by Crippen LogP contribution is -2.66. The molecule has 2 aliphatic heterocycles. The molecular weight excluding hydrogens is 212 g/mol. The van der Waals surface area contributed by atoms with Gasteiger partial charge in [-0.15, -0.1) is 0 Å². The van der Waals surface area contributed by atoms with Crippen LogP contribution in [-0.2, 0) is 0 Å². The van der Waals surface area contributed by atoms with Gasteiger partial charge in [-0.2, -0.15) is 0 Å². The van der Waals surface area contributed by atoms with Crippen molar-refractivity contribution in [2.24, 2.45) is 5.73 Å². The van der Waals surface area contributed by atoms with E-state index in [0.717, 1.165) is 6.54 Å². The monoisotopic (exact) mass is 240 g/mol. The van der Waals surface area contributed by atoms with Gasteiger partial charge in [0.05, 0.1) is 0 Å². The van der Waals surface area contributed by atoms with E-state index in [-0.39, 0.29) is 5.54 Å². The van der Waals surface area contributed by atoms with E-state index in [0.29, 0.717) is 6.04 Å². The van der Waals surface area contributed by atoms with E-state index in [1.54, 1.807) is 0 Å². The number of likely N-dealkylation sites (N-methyl/N-ethyl adjacent to an activating group) is 1. The van der Waals surface area contributed by atoms with E-state index in [1.165, 1.54) is 45.6 Å². The topological polar surface area (TPSA) is 35.7 Å². The van der Waals surface area contributed by atoms with Crippen molar-refractivity contribution in [1.29, 1.82) is 0 Å². The van der Waals surface area contributed by atoms with Crippen LogP contribution in [-0.4, -0.2) is 79.6 Å². The standard InChI is InChI=1S/C13H28N4/c1-12-10-16(3)8-9-17(12)13(11-14)4-6-15(2)7-5-13/h12H,4-11,14H2,1-3H3. The van der Waals surface area contributed by atoms with Crippen LogP contribution < -0.4 is 5.73 Å². The Kier molecular flexibility index (Phi) is 4.08. The first-order valence-electron chi connectivity index (χ1n) is 6.91. The van der Waals surface area contributed by atoms with Gasteiger partial charge in [-0.1, -0.05) is 0 Å². The fourth-order valence-corrected chi connectivity index (χ4v) is 3.49. The van der Waals surface area contributed by atoms with Crippen molar-refractivity contribution in [3.8, 4) is 0 Å². The second-order valence-corrected chi connectivity index (χ2v) is 6.04. The molecule has 2 heterocycles. The van der Waals surface area contributed by atoms with E-state index in [4.69, 9.17) is 5.73 Å². The third kappa shape index (κ3) is 2.65. The van der Waals surface area contributed by atoms with E-state index in [1.807, 2.05) is 0 Å².